The summed E-state index contributed by atoms with van der Waals surface area (Å²) in [5, 5.41) is 5.72. The van der Waals surface area contributed by atoms with Crippen LogP contribution in [0.25, 0.3) is 11.0 Å². The Morgan fingerprint density at radius 2 is 1.71 bits per heavy atom. The van der Waals surface area contributed by atoms with Gasteiger partial charge in [-0.1, -0.05) is 39.0 Å². The molecule has 0 aliphatic heterocycles. The van der Waals surface area contributed by atoms with E-state index in [-0.39, 0.29) is 16.9 Å². The quantitative estimate of drug-likeness (QED) is 0.629. The Morgan fingerprint density at radius 1 is 0.964 bits per heavy atom. The maximum Gasteiger partial charge on any atom is 0.323 e. The van der Waals surface area contributed by atoms with E-state index in [2.05, 4.69) is 31.4 Å². The zero-order chi connectivity index (χ0) is 19.5. The van der Waals surface area contributed by atoms with Crippen molar-refractivity contribution in [2.45, 2.75) is 44.9 Å². The average Bonchev–Trinajstić information content (AvgIpc) is 2.99. The molecule has 2 N–H and O–H groups in total. The topological polar surface area (TPSA) is 66.9 Å². The van der Waals surface area contributed by atoms with E-state index in [0.717, 1.165) is 22.4 Å². The zero-order valence-electron chi connectivity index (χ0n) is 16.4. The number of urea groups is 1. The largest absolute Gasteiger partial charge is 0.323 e. The van der Waals surface area contributed by atoms with Crippen molar-refractivity contribution in [1.29, 1.82) is 0 Å². The maximum absolute atomic E-state index is 12.3. The Morgan fingerprint density at radius 3 is 2.50 bits per heavy atom. The van der Waals surface area contributed by atoms with Crippen molar-refractivity contribution in [2.24, 2.45) is 5.41 Å². The van der Waals surface area contributed by atoms with Gasteiger partial charge in [-0.2, -0.15) is 0 Å². The van der Waals surface area contributed by atoms with E-state index in [1.165, 1.54) is 18.5 Å². The van der Waals surface area contributed by atoms with Crippen LogP contribution in [0.2, 0.25) is 0 Å². The predicted octanol–water partition coefficient (Wildman–Crippen LogP) is 5.45. The van der Waals surface area contributed by atoms with Crippen molar-refractivity contribution < 1.29 is 4.79 Å². The van der Waals surface area contributed by atoms with Crippen LogP contribution < -0.4 is 10.6 Å². The van der Waals surface area contributed by atoms with Crippen molar-refractivity contribution in [3.8, 4) is 0 Å². The fraction of sp³-hybridized carbons (Fsp3) is 0.348. The van der Waals surface area contributed by atoms with Crippen molar-refractivity contribution in [3.63, 3.8) is 0 Å². The van der Waals surface area contributed by atoms with Gasteiger partial charge in [-0.05, 0) is 48.6 Å². The normalized spacial score (nSPS) is 24.2. The molecule has 2 aliphatic carbocycles. The number of carbonyl (C=O) groups is 1. The molecule has 2 amide bonds. The molecule has 28 heavy (non-hydrogen) atoms. The number of anilines is 2. The fourth-order valence-electron chi connectivity index (χ4n) is 5.01. The first-order chi connectivity index (χ1) is 13.4. The van der Waals surface area contributed by atoms with Crippen LogP contribution in [0, 0.1) is 5.41 Å². The Kier molecular flexibility index (Phi) is 3.54. The Labute approximate surface area is 164 Å². The molecule has 1 saturated carbocycles. The van der Waals surface area contributed by atoms with Gasteiger partial charge in [-0.25, -0.2) is 14.8 Å². The standard InChI is InChI=1S/C23H24N4O/c1-22(2)16-11-12-23(22,3)20-19(16)26-18-13-15(9-10-17(18)27-20)25-21(28)24-14-7-5-4-6-8-14/h4-10,13,16H,11-12H2,1-3H3,(H2,24,25,28). The van der Waals surface area contributed by atoms with Crippen molar-refractivity contribution >= 4 is 28.4 Å². The van der Waals surface area contributed by atoms with E-state index in [4.69, 9.17) is 9.97 Å². The summed E-state index contributed by atoms with van der Waals surface area (Å²) in [6, 6.07) is 14.9. The third-order valence-electron chi connectivity index (χ3n) is 7.06. The summed E-state index contributed by atoms with van der Waals surface area (Å²) in [5.74, 6) is 0.461. The van der Waals surface area contributed by atoms with Gasteiger partial charge in [0.15, 0.2) is 0 Å². The molecule has 2 aliphatic rings. The number of amides is 2. The number of hydrogen-bond donors (Lipinski definition) is 2. The SMILES string of the molecule is CC12CCC(c3nc4cc(NC(=O)Nc5ccccc5)ccc4nc31)C2(C)C. The van der Waals surface area contributed by atoms with Crippen LogP contribution in [-0.2, 0) is 5.41 Å². The molecule has 142 valence electrons. The second-order valence-corrected chi connectivity index (χ2v) is 8.75. The summed E-state index contributed by atoms with van der Waals surface area (Å²) in [5.41, 5.74) is 5.79. The lowest BCUT2D eigenvalue weighted by Gasteiger charge is -2.34. The van der Waals surface area contributed by atoms with Crippen LogP contribution in [0.1, 0.15) is 50.9 Å². The van der Waals surface area contributed by atoms with Crippen LogP contribution >= 0.6 is 0 Å². The zero-order valence-corrected chi connectivity index (χ0v) is 16.4. The summed E-state index contributed by atoms with van der Waals surface area (Å²) in [4.78, 5) is 22.3. The van der Waals surface area contributed by atoms with Gasteiger partial charge in [0.25, 0.3) is 0 Å². The summed E-state index contributed by atoms with van der Waals surface area (Å²) in [6.45, 7) is 7.03. The maximum atomic E-state index is 12.3. The molecule has 0 spiro atoms. The highest BCUT2D eigenvalue weighted by Gasteiger charge is 2.61. The Hall–Kier alpha value is -2.95. The molecule has 0 saturated heterocycles. The number of nitrogens with zero attached hydrogens (tertiary/aromatic N) is 2. The molecule has 5 heteroatoms. The lowest BCUT2D eigenvalue weighted by molar-refractivity contribution is 0.227. The predicted molar refractivity (Wildman–Crippen MR) is 112 cm³/mol. The first kappa shape index (κ1) is 17.2. The third kappa shape index (κ3) is 2.35. The minimum Gasteiger partial charge on any atom is -0.308 e. The van der Waals surface area contributed by atoms with Gasteiger partial charge in [-0.3, -0.25) is 0 Å². The highest BCUT2D eigenvalue weighted by molar-refractivity contribution is 6.00. The van der Waals surface area contributed by atoms with Gasteiger partial charge in [-0.15, -0.1) is 0 Å². The Balaban J connectivity index is 1.45. The van der Waals surface area contributed by atoms with Gasteiger partial charge in [0, 0.05) is 22.7 Å². The number of para-hydroxylation sites is 1. The van der Waals surface area contributed by atoms with Gasteiger partial charge in [0.2, 0.25) is 0 Å². The number of hydrogen-bond acceptors (Lipinski definition) is 3. The molecule has 0 radical (unpaired) electrons. The molecule has 5 rings (SSSR count). The van der Waals surface area contributed by atoms with Gasteiger partial charge in [0.05, 0.1) is 22.4 Å². The summed E-state index contributed by atoms with van der Waals surface area (Å²) < 4.78 is 0. The molecular formula is C23H24N4O. The highest BCUT2D eigenvalue weighted by Crippen LogP contribution is 2.66. The number of nitrogens with one attached hydrogen (secondary N) is 2. The fourth-order valence-corrected chi connectivity index (χ4v) is 5.01. The summed E-state index contributed by atoms with van der Waals surface area (Å²) in [7, 11) is 0. The van der Waals surface area contributed by atoms with Crippen molar-refractivity contribution in [3.05, 3.63) is 59.9 Å². The summed E-state index contributed by atoms with van der Waals surface area (Å²) >= 11 is 0. The van der Waals surface area contributed by atoms with E-state index in [0.29, 0.717) is 11.6 Å². The highest BCUT2D eigenvalue weighted by atomic mass is 16.2. The monoisotopic (exact) mass is 372 g/mol. The van der Waals surface area contributed by atoms with Crippen molar-refractivity contribution in [2.75, 3.05) is 10.6 Å². The van der Waals surface area contributed by atoms with Crippen LogP contribution in [0.4, 0.5) is 16.2 Å². The van der Waals surface area contributed by atoms with E-state index in [1.807, 2.05) is 48.5 Å². The number of rotatable bonds is 2. The molecular weight excluding hydrogens is 348 g/mol. The van der Waals surface area contributed by atoms with Crippen LogP contribution in [-0.4, -0.2) is 16.0 Å². The smallest absolute Gasteiger partial charge is 0.308 e. The van der Waals surface area contributed by atoms with Crippen LogP contribution in [0.3, 0.4) is 0 Å². The number of benzene rings is 2. The van der Waals surface area contributed by atoms with Gasteiger partial charge in [0.1, 0.15) is 0 Å². The lowest BCUT2D eigenvalue weighted by Crippen LogP contribution is -2.31. The van der Waals surface area contributed by atoms with E-state index in [9.17, 15) is 4.79 Å². The van der Waals surface area contributed by atoms with Crippen LogP contribution in [0.15, 0.2) is 48.5 Å². The molecule has 2 unspecified atom stereocenters. The molecule has 2 atom stereocenters. The van der Waals surface area contributed by atoms with Crippen molar-refractivity contribution in [1.82, 2.24) is 9.97 Å². The van der Waals surface area contributed by atoms with Gasteiger partial charge >= 0.3 is 6.03 Å². The number of carbonyl (C=O) groups excluding carboxylic acids is 1. The Bertz CT molecular complexity index is 1090. The molecule has 1 heterocycles. The third-order valence-corrected chi connectivity index (χ3v) is 7.06. The molecule has 2 bridgehead atoms. The first-order valence-corrected chi connectivity index (χ1v) is 9.84. The summed E-state index contributed by atoms with van der Waals surface area (Å²) in [6.07, 6.45) is 2.35. The second-order valence-electron chi connectivity index (χ2n) is 8.75. The van der Waals surface area contributed by atoms with Crippen LogP contribution in [0.5, 0.6) is 0 Å². The van der Waals surface area contributed by atoms with Gasteiger partial charge < -0.3 is 10.6 Å². The number of aromatic nitrogens is 2. The van der Waals surface area contributed by atoms with E-state index in [1.54, 1.807) is 0 Å². The molecule has 2 aromatic carbocycles. The average molecular weight is 372 g/mol. The molecule has 1 fully saturated rings. The number of fused-ring (bicyclic) bond motifs is 6. The van der Waals surface area contributed by atoms with E-state index >= 15 is 0 Å². The first-order valence-electron chi connectivity index (χ1n) is 9.84. The minimum absolute atomic E-state index is 0.0979. The van der Waals surface area contributed by atoms with E-state index < -0.39 is 0 Å². The lowest BCUT2D eigenvalue weighted by atomic mass is 9.70. The molecule has 5 nitrogen and oxygen atoms in total. The molecule has 3 aromatic rings. The molecule has 1 aromatic heterocycles. The second kappa shape index (κ2) is 5.77. The minimum atomic E-state index is -0.271.